The van der Waals surface area contributed by atoms with Crippen molar-refractivity contribution in [2.45, 2.75) is 23.8 Å². The predicted molar refractivity (Wildman–Crippen MR) is 126 cm³/mol. The first-order valence-corrected chi connectivity index (χ1v) is 12.4. The molecule has 0 radical (unpaired) electrons. The summed E-state index contributed by atoms with van der Waals surface area (Å²) in [5.74, 6) is -1.15. The van der Waals surface area contributed by atoms with E-state index >= 15 is 0 Å². The lowest BCUT2D eigenvalue weighted by molar-refractivity contribution is -0.123. The molecule has 9 heteroatoms. The number of hydrogen-bond acceptors (Lipinski definition) is 6. The Hall–Kier alpha value is -2.68. The predicted octanol–water partition coefficient (Wildman–Crippen LogP) is 3.29. The summed E-state index contributed by atoms with van der Waals surface area (Å²) in [6.45, 7) is 1.71. The van der Waals surface area contributed by atoms with Gasteiger partial charge < -0.3 is 4.90 Å². The van der Waals surface area contributed by atoms with Crippen LogP contribution in [0.1, 0.15) is 12.8 Å². The number of carbonyl (C=O) groups excluding carboxylic acids is 1. The fourth-order valence-electron chi connectivity index (χ4n) is 4.03. The smallest absolute Gasteiger partial charge is 0.249 e. The molecule has 2 heterocycles. The van der Waals surface area contributed by atoms with Crippen molar-refractivity contribution in [3.05, 3.63) is 65.9 Å². The van der Waals surface area contributed by atoms with Crippen LogP contribution >= 0.6 is 11.6 Å². The number of pyridine rings is 1. The molecular formula is C23H25ClN4O3S. The van der Waals surface area contributed by atoms with Gasteiger partial charge in [-0.2, -0.15) is 0 Å². The molecular weight excluding hydrogens is 448 g/mol. The molecule has 0 atom stereocenters. The van der Waals surface area contributed by atoms with E-state index in [0.29, 0.717) is 5.02 Å². The first-order valence-electron chi connectivity index (χ1n) is 10.4. The van der Waals surface area contributed by atoms with Crippen molar-refractivity contribution < 1.29 is 13.2 Å². The zero-order valence-corrected chi connectivity index (χ0v) is 19.3. The fourth-order valence-corrected chi connectivity index (χ4v) is 5.37. The lowest BCUT2D eigenvalue weighted by atomic mass is 10.0. The monoisotopic (exact) mass is 472 g/mol. The van der Waals surface area contributed by atoms with E-state index in [1.165, 1.54) is 6.07 Å². The number of hydrogen-bond donors (Lipinski definition) is 1. The summed E-state index contributed by atoms with van der Waals surface area (Å²) in [6, 6.07) is 14.2. The second kappa shape index (κ2) is 9.44. The average Bonchev–Trinajstić information content (AvgIpc) is 2.79. The number of amides is 1. The van der Waals surface area contributed by atoms with E-state index < -0.39 is 21.5 Å². The van der Waals surface area contributed by atoms with Gasteiger partial charge in [0.05, 0.1) is 4.90 Å². The summed E-state index contributed by atoms with van der Waals surface area (Å²) < 4.78 is 25.6. The highest BCUT2D eigenvalue weighted by Gasteiger charge is 2.26. The third kappa shape index (κ3) is 5.20. The van der Waals surface area contributed by atoms with Gasteiger partial charge in [0.25, 0.3) is 0 Å². The number of nitrogens with zero attached hydrogens (tertiary/aromatic N) is 3. The topological polar surface area (TPSA) is 82.6 Å². The van der Waals surface area contributed by atoms with Crippen LogP contribution < -0.4 is 10.3 Å². The van der Waals surface area contributed by atoms with Gasteiger partial charge in [-0.25, -0.2) is 13.4 Å². The molecule has 1 aliphatic heterocycles. The highest BCUT2D eigenvalue weighted by molar-refractivity contribution is 7.92. The number of halogens is 1. The molecule has 0 spiro atoms. The molecule has 1 aromatic heterocycles. The Morgan fingerprint density at radius 3 is 2.47 bits per heavy atom. The van der Waals surface area contributed by atoms with Gasteiger partial charge in [-0.15, -0.1) is 0 Å². The minimum atomic E-state index is -3.77. The Labute approximate surface area is 192 Å². The number of aromatic nitrogens is 1. The second-order valence-electron chi connectivity index (χ2n) is 7.98. The number of rotatable bonds is 6. The first-order chi connectivity index (χ1) is 15.3. The maximum absolute atomic E-state index is 12.8. The summed E-state index contributed by atoms with van der Waals surface area (Å²) in [6.07, 6.45) is 5.27. The summed E-state index contributed by atoms with van der Waals surface area (Å²) >= 11 is 5.99. The molecule has 1 aliphatic rings. The Morgan fingerprint density at radius 2 is 1.75 bits per heavy atom. The summed E-state index contributed by atoms with van der Waals surface area (Å²) in [5, 5.41) is 3.93. The Morgan fingerprint density at radius 1 is 1.09 bits per heavy atom. The van der Waals surface area contributed by atoms with Crippen LogP contribution in [-0.4, -0.2) is 56.2 Å². The molecule has 3 aromatic rings. The SMILES string of the molecule is CN(NC(=O)CS(=O)(=O)c1ccc2cc(Cl)ccc2c1)C1CCN(c2ccncc2)CC1. The fraction of sp³-hybridized carbons (Fsp3) is 0.304. The molecule has 0 saturated carbocycles. The molecule has 32 heavy (non-hydrogen) atoms. The van der Waals surface area contributed by atoms with E-state index in [4.69, 9.17) is 11.6 Å². The summed E-state index contributed by atoms with van der Waals surface area (Å²) in [5.41, 5.74) is 3.88. The molecule has 168 valence electrons. The lowest BCUT2D eigenvalue weighted by Gasteiger charge is -2.37. The molecule has 0 aliphatic carbocycles. The van der Waals surface area contributed by atoms with E-state index in [1.807, 2.05) is 12.1 Å². The number of anilines is 1. The molecule has 7 nitrogen and oxygen atoms in total. The van der Waals surface area contributed by atoms with Crippen LogP contribution in [-0.2, 0) is 14.6 Å². The van der Waals surface area contributed by atoms with Gasteiger partial charge in [-0.1, -0.05) is 23.7 Å². The van der Waals surface area contributed by atoms with Crippen molar-refractivity contribution >= 4 is 43.8 Å². The van der Waals surface area contributed by atoms with Crippen LogP contribution in [0, 0.1) is 0 Å². The van der Waals surface area contributed by atoms with E-state index in [-0.39, 0.29) is 10.9 Å². The number of piperidine rings is 1. The van der Waals surface area contributed by atoms with Gasteiger partial charge in [-0.05, 0) is 60.0 Å². The lowest BCUT2D eigenvalue weighted by Crippen LogP contribution is -2.51. The molecule has 2 aromatic carbocycles. The van der Waals surface area contributed by atoms with E-state index in [2.05, 4.69) is 15.3 Å². The minimum Gasteiger partial charge on any atom is -0.371 e. The number of sulfone groups is 1. The second-order valence-corrected chi connectivity index (χ2v) is 10.4. The number of carbonyl (C=O) groups is 1. The molecule has 0 unspecified atom stereocenters. The maximum Gasteiger partial charge on any atom is 0.249 e. The Kier molecular flexibility index (Phi) is 6.64. The van der Waals surface area contributed by atoms with Gasteiger partial charge in [0.1, 0.15) is 5.75 Å². The van der Waals surface area contributed by atoms with Crippen LogP contribution in [0.4, 0.5) is 5.69 Å². The quantitative estimate of drug-likeness (QED) is 0.554. The van der Waals surface area contributed by atoms with E-state index in [9.17, 15) is 13.2 Å². The minimum absolute atomic E-state index is 0.121. The summed E-state index contributed by atoms with van der Waals surface area (Å²) in [4.78, 5) is 19.0. The van der Waals surface area contributed by atoms with Crippen LogP contribution in [0.15, 0.2) is 65.8 Å². The maximum atomic E-state index is 12.8. The number of fused-ring (bicyclic) bond motifs is 1. The zero-order valence-electron chi connectivity index (χ0n) is 17.7. The van der Waals surface area contributed by atoms with Gasteiger partial charge in [0.15, 0.2) is 9.84 Å². The highest BCUT2D eigenvalue weighted by atomic mass is 35.5. The standard InChI is InChI=1S/C23H25ClN4O3S/c1-27(20-8-12-28(13-9-20)21-6-10-25-11-7-21)26-23(29)16-32(30,31)22-5-3-17-14-19(24)4-2-18(17)15-22/h2-7,10-11,14-15,20H,8-9,12-13,16H2,1H3,(H,26,29). The Balaban J connectivity index is 1.34. The molecule has 1 fully saturated rings. The van der Waals surface area contributed by atoms with E-state index in [1.54, 1.807) is 54.8 Å². The number of nitrogens with one attached hydrogen (secondary N) is 1. The van der Waals surface area contributed by atoms with Crippen LogP contribution in [0.3, 0.4) is 0 Å². The van der Waals surface area contributed by atoms with Gasteiger partial charge >= 0.3 is 0 Å². The molecule has 4 rings (SSSR count). The average molecular weight is 473 g/mol. The van der Waals surface area contributed by atoms with Gasteiger partial charge in [-0.3, -0.25) is 15.2 Å². The van der Waals surface area contributed by atoms with Crippen molar-refractivity contribution in [1.29, 1.82) is 0 Å². The van der Waals surface area contributed by atoms with Crippen molar-refractivity contribution in [3.8, 4) is 0 Å². The molecule has 0 bridgehead atoms. The van der Waals surface area contributed by atoms with Crippen LogP contribution in [0.5, 0.6) is 0 Å². The molecule has 1 N–H and O–H groups in total. The van der Waals surface area contributed by atoms with Gasteiger partial charge in [0, 0.05) is 49.3 Å². The number of hydrazine groups is 1. The Bertz CT molecular complexity index is 1210. The third-order valence-electron chi connectivity index (χ3n) is 5.80. The van der Waals surface area contributed by atoms with Crippen LogP contribution in [0.25, 0.3) is 10.8 Å². The largest absolute Gasteiger partial charge is 0.371 e. The number of benzene rings is 2. The van der Waals surface area contributed by atoms with E-state index in [0.717, 1.165) is 42.4 Å². The zero-order chi connectivity index (χ0) is 22.7. The van der Waals surface area contributed by atoms with Gasteiger partial charge in [0.2, 0.25) is 5.91 Å². The molecule has 1 amide bonds. The highest BCUT2D eigenvalue weighted by Crippen LogP contribution is 2.24. The first kappa shape index (κ1) is 22.5. The molecule has 1 saturated heterocycles. The normalized spacial score (nSPS) is 15.3. The summed E-state index contributed by atoms with van der Waals surface area (Å²) in [7, 11) is -1.98. The van der Waals surface area contributed by atoms with Crippen LogP contribution in [0.2, 0.25) is 5.02 Å². The van der Waals surface area contributed by atoms with Crippen molar-refractivity contribution in [3.63, 3.8) is 0 Å². The van der Waals surface area contributed by atoms with Crippen molar-refractivity contribution in [2.75, 3.05) is 30.8 Å². The third-order valence-corrected chi connectivity index (χ3v) is 7.64. The van der Waals surface area contributed by atoms with Crippen molar-refractivity contribution in [1.82, 2.24) is 15.4 Å². The van der Waals surface area contributed by atoms with Crippen molar-refractivity contribution in [2.24, 2.45) is 0 Å².